The van der Waals surface area contributed by atoms with Crippen LogP contribution in [0.2, 0.25) is 0 Å². The summed E-state index contributed by atoms with van der Waals surface area (Å²) in [5, 5.41) is 15.0. The van der Waals surface area contributed by atoms with Gasteiger partial charge in [-0.05, 0) is 104 Å². The van der Waals surface area contributed by atoms with E-state index in [-0.39, 0.29) is 0 Å². The summed E-state index contributed by atoms with van der Waals surface area (Å²) in [6, 6.07) is 70.9. The fourth-order valence-corrected chi connectivity index (χ4v) is 9.75. The van der Waals surface area contributed by atoms with E-state index in [9.17, 15) is 0 Å². The quantitative estimate of drug-likeness (QED) is 0.169. The van der Waals surface area contributed by atoms with E-state index >= 15 is 0 Å². The number of rotatable bonds is 4. The third kappa shape index (κ3) is 4.31. The Hall–Kier alpha value is -7.62. The summed E-state index contributed by atoms with van der Waals surface area (Å²) >= 11 is 0. The number of aromatic nitrogens is 1. The largest absolute Gasteiger partial charge is 0.456 e. The lowest BCUT2D eigenvalue weighted by Crippen LogP contribution is -2.10. The highest BCUT2D eigenvalue weighted by Gasteiger charge is 2.21. The normalized spacial score (nSPS) is 12.2. The molecule has 0 spiro atoms. The summed E-state index contributed by atoms with van der Waals surface area (Å²) in [5.41, 5.74) is 11.1. The highest BCUT2D eigenvalue weighted by atomic mass is 16.3. The molecular formula is C54H32N2O. The van der Waals surface area contributed by atoms with Crippen LogP contribution in [0.1, 0.15) is 0 Å². The Morgan fingerprint density at radius 3 is 1.53 bits per heavy atom. The zero-order chi connectivity index (χ0) is 37.2. The van der Waals surface area contributed by atoms with Gasteiger partial charge >= 0.3 is 0 Å². The van der Waals surface area contributed by atoms with Gasteiger partial charge in [0.2, 0.25) is 0 Å². The number of hydrogen-bond acceptors (Lipinski definition) is 2. The van der Waals surface area contributed by atoms with Crippen molar-refractivity contribution in [1.29, 1.82) is 0 Å². The van der Waals surface area contributed by atoms with Gasteiger partial charge in [0, 0.05) is 49.4 Å². The minimum absolute atomic E-state index is 0.904. The molecule has 3 heterocycles. The monoisotopic (exact) mass is 724 g/mol. The summed E-state index contributed by atoms with van der Waals surface area (Å²) in [7, 11) is 0. The summed E-state index contributed by atoms with van der Waals surface area (Å²) in [5.74, 6) is 0. The Labute approximate surface area is 327 Å². The third-order valence-corrected chi connectivity index (χ3v) is 12.3. The molecule has 264 valence electrons. The Morgan fingerprint density at radius 1 is 0.298 bits per heavy atom. The van der Waals surface area contributed by atoms with Gasteiger partial charge in [0.05, 0.1) is 16.6 Å². The third-order valence-electron chi connectivity index (χ3n) is 12.3. The maximum Gasteiger partial charge on any atom is 0.136 e. The van der Waals surface area contributed by atoms with Crippen LogP contribution in [0.4, 0.5) is 17.1 Å². The van der Waals surface area contributed by atoms with Crippen LogP contribution in [0, 0.1) is 0 Å². The lowest BCUT2D eigenvalue weighted by Gasteiger charge is -2.26. The van der Waals surface area contributed by atoms with Crippen molar-refractivity contribution in [2.45, 2.75) is 0 Å². The molecule has 0 fully saturated rings. The first-order valence-corrected chi connectivity index (χ1v) is 19.6. The summed E-state index contributed by atoms with van der Waals surface area (Å²) in [6.45, 7) is 0. The van der Waals surface area contributed by atoms with Gasteiger partial charge < -0.3 is 13.7 Å². The van der Waals surface area contributed by atoms with Gasteiger partial charge in [0.25, 0.3) is 0 Å². The van der Waals surface area contributed by atoms with Crippen LogP contribution in [0.15, 0.2) is 199 Å². The zero-order valence-corrected chi connectivity index (χ0v) is 30.8. The molecule has 0 atom stereocenters. The molecule has 0 aliphatic rings. The van der Waals surface area contributed by atoms with Crippen LogP contribution >= 0.6 is 0 Å². The number of hydrogen-bond donors (Lipinski definition) is 0. The molecule has 0 saturated heterocycles. The van der Waals surface area contributed by atoms with Gasteiger partial charge in [-0.1, -0.05) is 133 Å². The number of nitrogens with zero attached hydrogens (tertiary/aromatic N) is 2. The molecule has 0 amide bonds. The second kappa shape index (κ2) is 11.5. The van der Waals surface area contributed by atoms with Crippen LogP contribution in [-0.2, 0) is 0 Å². The molecular weight excluding hydrogens is 693 g/mol. The fraction of sp³-hybridized carbons (Fsp3) is 0. The molecule has 0 bridgehead atoms. The first kappa shape index (κ1) is 30.7. The summed E-state index contributed by atoms with van der Waals surface area (Å²) in [4.78, 5) is 2.42. The Balaban J connectivity index is 1.03. The van der Waals surface area contributed by atoms with Crippen LogP contribution < -0.4 is 4.90 Å². The number of furan rings is 1. The van der Waals surface area contributed by atoms with E-state index in [1.54, 1.807) is 0 Å². The second-order valence-electron chi connectivity index (χ2n) is 15.3. The number of benzene rings is 10. The van der Waals surface area contributed by atoms with E-state index < -0.39 is 0 Å². The van der Waals surface area contributed by atoms with E-state index in [1.165, 1.54) is 70.4 Å². The maximum absolute atomic E-state index is 6.28. The van der Waals surface area contributed by atoms with E-state index in [0.717, 1.165) is 50.1 Å². The zero-order valence-electron chi connectivity index (χ0n) is 30.8. The fourth-order valence-electron chi connectivity index (χ4n) is 9.75. The average Bonchev–Trinajstić information content (AvgIpc) is 3.94. The van der Waals surface area contributed by atoms with Gasteiger partial charge in [0.1, 0.15) is 11.2 Å². The van der Waals surface area contributed by atoms with Gasteiger partial charge in [-0.3, -0.25) is 0 Å². The van der Waals surface area contributed by atoms with Crippen LogP contribution in [0.5, 0.6) is 0 Å². The summed E-state index contributed by atoms with van der Waals surface area (Å²) in [6.07, 6.45) is 0. The highest BCUT2D eigenvalue weighted by Crippen LogP contribution is 2.45. The molecule has 0 aliphatic carbocycles. The van der Waals surface area contributed by atoms with E-state index in [4.69, 9.17) is 4.42 Å². The van der Waals surface area contributed by atoms with Crippen molar-refractivity contribution in [3.05, 3.63) is 194 Å². The predicted octanol–water partition coefficient (Wildman–Crippen LogP) is 15.3. The smallest absolute Gasteiger partial charge is 0.136 e. The highest BCUT2D eigenvalue weighted by molar-refractivity contribution is 6.26. The average molecular weight is 725 g/mol. The van der Waals surface area contributed by atoms with Crippen LogP contribution in [-0.4, -0.2) is 4.40 Å². The Kier molecular flexibility index (Phi) is 6.16. The van der Waals surface area contributed by atoms with E-state index in [1.807, 2.05) is 12.1 Å². The molecule has 0 aliphatic heterocycles. The van der Waals surface area contributed by atoms with Gasteiger partial charge in [-0.25, -0.2) is 0 Å². The van der Waals surface area contributed by atoms with Gasteiger partial charge in [-0.2, -0.15) is 0 Å². The van der Waals surface area contributed by atoms with Gasteiger partial charge in [0.15, 0.2) is 0 Å². The first-order valence-electron chi connectivity index (χ1n) is 19.6. The Bertz CT molecular complexity index is 3720. The molecule has 3 nitrogen and oxygen atoms in total. The molecule has 0 unspecified atom stereocenters. The maximum atomic E-state index is 6.28. The summed E-state index contributed by atoms with van der Waals surface area (Å²) < 4.78 is 8.74. The molecule has 13 rings (SSSR count). The lowest BCUT2D eigenvalue weighted by atomic mass is 9.94. The second-order valence-corrected chi connectivity index (χ2v) is 15.3. The Morgan fingerprint density at radius 2 is 0.789 bits per heavy atom. The number of fused-ring (bicyclic) bond motifs is 15. The van der Waals surface area contributed by atoms with Crippen molar-refractivity contribution in [3.63, 3.8) is 0 Å². The first-order chi connectivity index (χ1) is 28.3. The predicted molar refractivity (Wildman–Crippen MR) is 241 cm³/mol. The molecule has 13 aromatic rings. The van der Waals surface area contributed by atoms with Gasteiger partial charge in [-0.15, -0.1) is 0 Å². The molecule has 0 N–H and O–H groups in total. The molecule has 0 radical (unpaired) electrons. The SMILES string of the molecule is c1ccc2c(c1)oc1cc(-c3ccc(N(c4ccc5c6ccccc6c6ccccc6c5c4)c4ccc5c6cccc7c8ccccc8n(c5c4)c76)cc3)ccc12. The van der Waals surface area contributed by atoms with E-state index in [0.29, 0.717) is 0 Å². The number of para-hydroxylation sites is 3. The molecule has 0 saturated carbocycles. The number of anilines is 3. The standard InChI is InChI=1S/C54H32N2O/c1-2-12-40-38(10-1)39-11-3-4-13-41(39)49-31-36(25-28-42(40)49)55(35-23-20-33(21-24-35)34-22-27-46-45-15-6-8-19-52(45)57-53(46)30-34)37-26-29-44-48-17-9-16-47-43-14-5-7-18-50(43)56(54(47)48)51(44)32-37/h1-32H. The van der Waals surface area contributed by atoms with Crippen molar-refractivity contribution in [2.75, 3.05) is 4.90 Å². The van der Waals surface area contributed by atoms with Crippen molar-refractivity contribution in [3.8, 4) is 11.1 Å². The molecule has 3 heteroatoms. The molecule has 3 aromatic heterocycles. The van der Waals surface area contributed by atoms with Crippen molar-refractivity contribution in [2.24, 2.45) is 0 Å². The van der Waals surface area contributed by atoms with Crippen molar-refractivity contribution >= 4 is 109 Å². The minimum atomic E-state index is 0.904. The molecule has 10 aromatic carbocycles. The topological polar surface area (TPSA) is 20.8 Å². The van der Waals surface area contributed by atoms with Crippen molar-refractivity contribution < 1.29 is 4.42 Å². The minimum Gasteiger partial charge on any atom is -0.456 e. The molecule has 57 heavy (non-hydrogen) atoms. The lowest BCUT2D eigenvalue weighted by molar-refractivity contribution is 0.669. The van der Waals surface area contributed by atoms with Crippen LogP contribution in [0.25, 0.3) is 103 Å². The van der Waals surface area contributed by atoms with Crippen LogP contribution in [0.3, 0.4) is 0 Å². The van der Waals surface area contributed by atoms with E-state index in [2.05, 4.69) is 191 Å². The van der Waals surface area contributed by atoms with Crippen molar-refractivity contribution in [1.82, 2.24) is 4.40 Å².